The average molecular weight is 671 g/mol. The lowest BCUT2D eigenvalue weighted by molar-refractivity contribution is 1.13. The fourth-order valence-electron chi connectivity index (χ4n) is 6.50. The Balaban J connectivity index is 1.21. The summed E-state index contributed by atoms with van der Waals surface area (Å²) in [6.45, 7) is 0. The number of nitrogens with zero attached hydrogens (tertiary/aromatic N) is 4. The van der Waals surface area contributed by atoms with Gasteiger partial charge in [0.05, 0.1) is 17.0 Å². The number of benzene rings is 6. The first-order valence-corrected chi connectivity index (χ1v) is 17.7. The van der Waals surface area contributed by atoms with Crippen molar-refractivity contribution in [2.75, 3.05) is 0 Å². The van der Waals surface area contributed by atoms with E-state index in [1.54, 1.807) is 0 Å². The standard InChI is InChI=1S/C46H30N4S/c1-3-14-33(15-4-1)41-28-42(50-46(49-41)36-29-47-45(48-30-36)34-16-5-2-6-17-34)35-26-25-32-24-23-31-13-7-8-18-37(31)38-19-9-11-21-43(38)51-44-22-12-10-20-39(44)40(32)27-35/h1-30H. The van der Waals surface area contributed by atoms with E-state index in [0.29, 0.717) is 11.6 Å². The predicted molar refractivity (Wildman–Crippen MR) is 210 cm³/mol. The monoisotopic (exact) mass is 670 g/mol. The van der Waals surface area contributed by atoms with Gasteiger partial charge in [-0.1, -0.05) is 157 Å². The number of rotatable bonds is 4. The third kappa shape index (κ3) is 6.16. The van der Waals surface area contributed by atoms with E-state index >= 15 is 0 Å². The first kappa shape index (κ1) is 30.6. The molecule has 0 spiro atoms. The fraction of sp³-hybridized carbons (Fsp3) is 0. The van der Waals surface area contributed by atoms with E-state index in [0.717, 1.165) is 44.8 Å². The van der Waals surface area contributed by atoms with Gasteiger partial charge in [0.1, 0.15) is 0 Å². The number of hydrogen-bond acceptors (Lipinski definition) is 5. The maximum absolute atomic E-state index is 5.14. The van der Waals surface area contributed by atoms with Crippen LogP contribution in [0.2, 0.25) is 0 Å². The van der Waals surface area contributed by atoms with E-state index in [2.05, 4.69) is 131 Å². The summed E-state index contributed by atoms with van der Waals surface area (Å²) in [6, 6.07) is 54.9. The molecule has 3 heterocycles. The summed E-state index contributed by atoms with van der Waals surface area (Å²) in [6.07, 6.45) is 8.10. The zero-order valence-corrected chi connectivity index (χ0v) is 28.3. The molecule has 2 aromatic heterocycles. The highest BCUT2D eigenvalue weighted by Gasteiger charge is 2.18. The molecule has 0 amide bonds. The van der Waals surface area contributed by atoms with Crippen molar-refractivity contribution < 1.29 is 0 Å². The van der Waals surface area contributed by atoms with Crippen LogP contribution >= 0.6 is 11.8 Å². The van der Waals surface area contributed by atoms with Crippen LogP contribution in [0.25, 0.3) is 79.7 Å². The molecular formula is C46H30N4S. The van der Waals surface area contributed by atoms with E-state index in [1.165, 1.54) is 32.0 Å². The van der Waals surface area contributed by atoms with Crippen LogP contribution in [0.1, 0.15) is 11.1 Å². The molecular weight excluding hydrogens is 641 g/mol. The van der Waals surface area contributed by atoms with Crippen molar-refractivity contribution in [3.05, 3.63) is 181 Å². The Hall–Kier alpha value is -6.43. The Morgan fingerprint density at radius 2 is 0.882 bits per heavy atom. The first-order chi connectivity index (χ1) is 25.3. The van der Waals surface area contributed by atoms with Gasteiger partial charge in [0.2, 0.25) is 0 Å². The van der Waals surface area contributed by atoms with Gasteiger partial charge in [-0.25, -0.2) is 19.9 Å². The summed E-state index contributed by atoms with van der Waals surface area (Å²) >= 11 is 1.81. The summed E-state index contributed by atoms with van der Waals surface area (Å²) in [5.41, 5.74) is 12.5. The van der Waals surface area contributed by atoms with Crippen LogP contribution in [-0.2, 0) is 0 Å². The molecule has 1 aliphatic heterocycles. The maximum atomic E-state index is 5.14. The maximum Gasteiger partial charge on any atom is 0.163 e. The van der Waals surface area contributed by atoms with Crippen molar-refractivity contribution in [1.82, 2.24) is 19.9 Å². The number of aromatic nitrogens is 4. The van der Waals surface area contributed by atoms with Crippen LogP contribution in [-0.4, -0.2) is 19.9 Å². The van der Waals surface area contributed by atoms with Gasteiger partial charge in [0.15, 0.2) is 11.6 Å². The molecule has 0 saturated carbocycles. The van der Waals surface area contributed by atoms with Crippen LogP contribution in [0.3, 0.4) is 0 Å². The lowest BCUT2D eigenvalue weighted by atomic mass is 9.94. The highest BCUT2D eigenvalue weighted by Crippen LogP contribution is 2.44. The van der Waals surface area contributed by atoms with Crippen molar-refractivity contribution >= 4 is 23.9 Å². The van der Waals surface area contributed by atoms with Crippen molar-refractivity contribution in [1.29, 1.82) is 0 Å². The van der Waals surface area contributed by atoms with Crippen molar-refractivity contribution in [2.24, 2.45) is 0 Å². The van der Waals surface area contributed by atoms with Gasteiger partial charge in [-0.3, -0.25) is 0 Å². The normalized spacial score (nSPS) is 11.8. The van der Waals surface area contributed by atoms with Gasteiger partial charge in [0.25, 0.3) is 0 Å². The number of fused-ring (bicyclic) bond motifs is 6. The molecule has 8 aromatic rings. The van der Waals surface area contributed by atoms with E-state index in [1.807, 2.05) is 72.7 Å². The minimum Gasteiger partial charge on any atom is -0.236 e. The molecule has 1 aliphatic rings. The van der Waals surface area contributed by atoms with E-state index in [9.17, 15) is 0 Å². The quantitative estimate of drug-likeness (QED) is 0.186. The van der Waals surface area contributed by atoms with Crippen LogP contribution in [0.4, 0.5) is 0 Å². The first-order valence-electron chi connectivity index (χ1n) is 16.9. The smallest absolute Gasteiger partial charge is 0.163 e. The molecule has 4 nitrogen and oxygen atoms in total. The van der Waals surface area contributed by atoms with Gasteiger partial charge >= 0.3 is 0 Å². The molecule has 0 unspecified atom stereocenters. The summed E-state index contributed by atoms with van der Waals surface area (Å²) in [4.78, 5) is 22.0. The fourth-order valence-corrected chi connectivity index (χ4v) is 7.60. The minimum absolute atomic E-state index is 0.576. The summed E-state index contributed by atoms with van der Waals surface area (Å²) in [7, 11) is 0. The molecule has 6 aromatic carbocycles. The average Bonchev–Trinajstić information content (AvgIpc) is 3.23. The van der Waals surface area contributed by atoms with Gasteiger partial charge in [-0.05, 0) is 57.6 Å². The Kier molecular flexibility index (Phi) is 8.08. The molecule has 0 saturated heterocycles. The number of hydrogen-bond donors (Lipinski definition) is 0. The van der Waals surface area contributed by atoms with Crippen LogP contribution < -0.4 is 0 Å². The molecule has 9 rings (SSSR count). The van der Waals surface area contributed by atoms with Gasteiger partial charge < -0.3 is 0 Å². The molecule has 5 heteroatoms. The summed E-state index contributed by atoms with van der Waals surface area (Å²) < 4.78 is 0. The zero-order valence-electron chi connectivity index (χ0n) is 27.5. The molecule has 0 atom stereocenters. The lowest BCUT2D eigenvalue weighted by Gasteiger charge is -2.15. The Morgan fingerprint density at radius 1 is 0.353 bits per heavy atom. The molecule has 0 N–H and O–H groups in total. The second-order valence-electron chi connectivity index (χ2n) is 12.3. The summed E-state index contributed by atoms with van der Waals surface area (Å²) in [5.74, 6) is 1.24. The Labute approximate surface area is 301 Å². The highest BCUT2D eigenvalue weighted by atomic mass is 32.2. The zero-order chi connectivity index (χ0) is 34.0. The van der Waals surface area contributed by atoms with Crippen molar-refractivity contribution in [3.63, 3.8) is 0 Å². The molecule has 51 heavy (non-hydrogen) atoms. The Morgan fingerprint density at radius 3 is 1.57 bits per heavy atom. The highest BCUT2D eigenvalue weighted by molar-refractivity contribution is 7.99. The van der Waals surface area contributed by atoms with Crippen molar-refractivity contribution in [3.8, 4) is 67.5 Å². The predicted octanol–water partition coefficient (Wildman–Crippen LogP) is 11.9. The van der Waals surface area contributed by atoms with Crippen molar-refractivity contribution in [2.45, 2.75) is 9.79 Å². The van der Waals surface area contributed by atoms with Gasteiger partial charge in [0, 0.05) is 38.9 Å². The van der Waals surface area contributed by atoms with Crippen LogP contribution in [0, 0.1) is 0 Å². The summed E-state index contributed by atoms with van der Waals surface area (Å²) in [5, 5.41) is 0. The molecule has 0 radical (unpaired) electrons. The Bertz CT molecular complexity index is 2550. The molecule has 0 bridgehead atoms. The van der Waals surface area contributed by atoms with Crippen LogP contribution in [0.5, 0.6) is 0 Å². The third-order valence-electron chi connectivity index (χ3n) is 9.06. The third-order valence-corrected chi connectivity index (χ3v) is 10.2. The van der Waals surface area contributed by atoms with Crippen LogP contribution in [0.15, 0.2) is 180 Å². The lowest BCUT2D eigenvalue weighted by Crippen LogP contribution is -1.98. The van der Waals surface area contributed by atoms with E-state index in [-0.39, 0.29) is 0 Å². The molecule has 240 valence electrons. The SMILES string of the molecule is C1=Cc2ccc(-c3cc(-c4ccccc4)nc(-c4cnc(-c5ccccc5)nc4)n3)cc2-c2ccccc2Sc2ccccc2-c2ccccc21. The largest absolute Gasteiger partial charge is 0.236 e. The van der Waals surface area contributed by atoms with E-state index in [4.69, 9.17) is 9.97 Å². The minimum atomic E-state index is 0.576. The molecule has 0 fully saturated rings. The second kappa shape index (κ2) is 13.5. The van der Waals surface area contributed by atoms with E-state index < -0.39 is 0 Å². The molecule has 0 aliphatic carbocycles. The van der Waals surface area contributed by atoms with Gasteiger partial charge in [-0.15, -0.1) is 0 Å². The van der Waals surface area contributed by atoms with Gasteiger partial charge in [-0.2, -0.15) is 0 Å². The topological polar surface area (TPSA) is 51.6 Å². The second-order valence-corrected chi connectivity index (χ2v) is 13.4.